The molecular weight excluding hydrogens is 304 g/mol. The summed E-state index contributed by atoms with van der Waals surface area (Å²) in [6.45, 7) is 6.42. The van der Waals surface area contributed by atoms with Crippen molar-refractivity contribution >= 4 is 5.69 Å². The number of aromatic nitrogens is 1. The molecule has 3 rings (SSSR count). The summed E-state index contributed by atoms with van der Waals surface area (Å²) in [7, 11) is 3.54. The number of nitrogens with one attached hydrogen (secondary N) is 2. The molecule has 2 saturated heterocycles. The molecule has 2 atom stereocenters. The van der Waals surface area contributed by atoms with Crippen LogP contribution in [0.1, 0.15) is 19.3 Å². The van der Waals surface area contributed by atoms with Crippen LogP contribution in [0.15, 0.2) is 18.5 Å². The predicted octanol–water partition coefficient (Wildman–Crippen LogP) is 1.16. The summed E-state index contributed by atoms with van der Waals surface area (Å²) >= 11 is 0. The maximum Gasteiger partial charge on any atom is 0.155 e. The molecule has 134 valence electrons. The zero-order chi connectivity index (χ0) is 16.8. The Bertz CT molecular complexity index is 517. The number of hydrogen-bond donors (Lipinski definition) is 2. The van der Waals surface area contributed by atoms with Gasteiger partial charge in [0.1, 0.15) is 11.8 Å². The highest BCUT2D eigenvalue weighted by Crippen LogP contribution is 2.33. The highest BCUT2D eigenvalue weighted by molar-refractivity contribution is 5.46. The summed E-state index contributed by atoms with van der Waals surface area (Å²) in [5.74, 6) is 0.845. The van der Waals surface area contributed by atoms with Crippen molar-refractivity contribution in [1.82, 2.24) is 20.1 Å². The van der Waals surface area contributed by atoms with Gasteiger partial charge in [0.25, 0.3) is 0 Å². The van der Waals surface area contributed by atoms with Gasteiger partial charge in [-0.25, -0.2) is 0 Å². The Morgan fingerprint density at radius 1 is 1.08 bits per heavy atom. The Morgan fingerprint density at radius 2 is 1.88 bits per heavy atom. The molecule has 6 nitrogen and oxygen atoms in total. The molecule has 2 fully saturated rings. The number of ether oxygens (including phenoxy) is 2. The normalized spacial score (nSPS) is 27.9. The fourth-order valence-electron chi connectivity index (χ4n) is 4.24. The second kappa shape index (κ2) is 8.25. The SMILES string of the molecule is COc1cncc([N+]2(C3CNCC(OC)C3)CCCNCCC2)c1. The minimum atomic E-state index is 0.292. The molecule has 2 N–H and O–H groups in total. The van der Waals surface area contributed by atoms with Crippen molar-refractivity contribution < 1.29 is 9.47 Å². The molecule has 0 aliphatic carbocycles. The summed E-state index contributed by atoms with van der Waals surface area (Å²) in [5, 5.41) is 7.12. The molecule has 6 heteroatoms. The molecular formula is C18H31N4O2+. The van der Waals surface area contributed by atoms with Crippen LogP contribution >= 0.6 is 0 Å². The van der Waals surface area contributed by atoms with E-state index in [1.807, 2.05) is 13.3 Å². The Balaban J connectivity index is 1.95. The number of methoxy groups -OCH3 is 2. The molecule has 0 bridgehead atoms. The van der Waals surface area contributed by atoms with Crippen molar-refractivity contribution in [2.45, 2.75) is 31.4 Å². The summed E-state index contributed by atoms with van der Waals surface area (Å²) in [6, 6.07) is 2.69. The third-order valence-electron chi connectivity index (χ3n) is 5.59. The van der Waals surface area contributed by atoms with Gasteiger partial charge in [-0.2, -0.15) is 0 Å². The highest BCUT2D eigenvalue weighted by Gasteiger charge is 2.42. The van der Waals surface area contributed by atoms with Crippen LogP contribution in [-0.2, 0) is 4.74 Å². The minimum absolute atomic E-state index is 0.292. The molecule has 1 aromatic rings. The van der Waals surface area contributed by atoms with E-state index in [9.17, 15) is 0 Å². The number of rotatable bonds is 4. The molecule has 0 spiro atoms. The molecule has 1 aromatic heterocycles. The van der Waals surface area contributed by atoms with Gasteiger partial charge in [0.2, 0.25) is 0 Å². The Kier molecular flexibility index (Phi) is 6.05. The summed E-state index contributed by atoms with van der Waals surface area (Å²) < 4.78 is 12.1. The van der Waals surface area contributed by atoms with Crippen molar-refractivity contribution in [3.63, 3.8) is 0 Å². The van der Waals surface area contributed by atoms with Crippen LogP contribution in [0.25, 0.3) is 0 Å². The molecule has 3 heterocycles. The third kappa shape index (κ3) is 3.72. The first-order valence-electron chi connectivity index (χ1n) is 9.09. The van der Waals surface area contributed by atoms with E-state index in [1.54, 1.807) is 13.3 Å². The maximum atomic E-state index is 5.67. The van der Waals surface area contributed by atoms with E-state index in [4.69, 9.17) is 9.47 Å². The smallest absolute Gasteiger partial charge is 0.155 e. The zero-order valence-electron chi connectivity index (χ0n) is 15.0. The monoisotopic (exact) mass is 335 g/mol. The lowest BCUT2D eigenvalue weighted by molar-refractivity contribution is 0.0383. The molecule has 0 saturated carbocycles. The molecule has 2 aliphatic heterocycles. The molecule has 2 unspecified atom stereocenters. The summed E-state index contributed by atoms with van der Waals surface area (Å²) in [5.41, 5.74) is 1.28. The number of pyridine rings is 1. The third-order valence-corrected chi connectivity index (χ3v) is 5.59. The van der Waals surface area contributed by atoms with E-state index in [1.165, 1.54) is 18.5 Å². The maximum absolute atomic E-state index is 5.67. The van der Waals surface area contributed by atoms with Crippen LogP contribution in [0.5, 0.6) is 5.75 Å². The molecule has 2 aliphatic rings. The lowest BCUT2D eigenvalue weighted by Gasteiger charge is -2.48. The van der Waals surface area contributed by atoms with Crippen molar-refractivity contribution in [3.8, 4) is 5.75 Å². The highest BCUT2D eigenvalue weighted by atomic mass is 16.5. The van der Waals surface area contributed by atoms with Gasteiger partial charge in [-0.3, -0.25) is 9.47 Å². The standard InChI is InChI=1S/C18H31N4O2/c1-23-17-9-15(11-20-13-17)22(7-3-5-19-6-4-8-22)16-10-18(24-2)14-21-12-16/h9,11,13,16,18-19,21H,3-8,10,12,14H2,1-2H3/q+1. The minimum Gasteiger partial charge on any atom is -0.495 e. The van der Waals surface area contributed by atoms with Crippen LogP contribution in [0, 0.1) is 0 Å². The molecule has 24 heavy (non-hydrogen) atoms. The van der Waals surface area contributed by atoms with E-state index in [0.717, 1.165) is 55.9 Å². The van der Waals surface area contributed by atoms with E-state index < -0.39 is 0 Å². The van der Waals surface area contributed by atoms with Gasteiger partial charge >= 0.3 is 0 Å². The largest absolute Gasteiger partial charge is 0.495 e. The van der Waals surface area contributed by atoms with Crippen LogP contribution < -0.4 is 19.9 Å². The number of hydrogen-bond acceptors (Lipinski definition) is 5. The first-order valence-corrected chi connectivity index (χ1v) is 9.09. The lowest BCUT2D eigenvalue weighted by atomic mass is 9.97. The van der Waals surface area contributed by atoms with Gasteiger partial charge < -0.3 is 20.1 Å². The fourth-order valence-corrected chi connectivity index (χ4v) is 4.24. The second-order valence-electron chi connectivity index (χ2n) is 6.93. The van der Waals surface area contributed by atoms with E-state index in [-0.39, 0.29) is 0 Å². The Hall–Kier alpha value is -1.21. The Morgan fingerprint density at radius 3 is 2.58 bits per heavy atom. The van der Waals surface area contributed by atoms with Crippen molar-refractivity contribution in [1.29, 1.82) is 0 Å². The van der Waals surface area contributed by atoms with Crippen molar-refractivity contribution in [3.05, 3.63) is 18.5 Å². The van der Waals surface area contributed by atoms with Crippen LogP contribution in [0.2, 0.25) is 0 Å². The van der Waals surface area contributed by atoms with Crippen LogP contribution in [0.4, 0.5) is 5.69 Å². The molecule has 0 radical (unpaired) electrons. The lowest BCUT2D eigenvalue weighted by Crippen LogP contribution is -2.65. The fraction of sp³-hybridized carbons (Fsp3) is 0.722. The summed E-state index contributed by atoms with van der Waals surface area (Å²) in [6.07, 6.45) is 7.56. The topological polar surface area (TPSA) is 55.4 Å². The van der Waals surface area contributed by atoms with Gasteiger partial charge in [-0.1, -0.05) is 0 Å². The first kappa shape index (κ1) is 17.6. The Labute approximate surface area is 145 Å². The molecule has 0 aromatic carbocycles. The second-order valence-corrected chi connectivity index (χ2v) is 6.93. The van der Waals surface area contributed by atoms with E-state index in [2.05, 4.69) is 21.7 Å². The average molecular weight is 335 g/mol. The average Bonchev–Trinajstić information content (AvgIpc) is 2.62. The van der Waals surface area contributed by atoms with Crippen LogP contribution in [0.3, 0.4) is 0 Å². The van der Waals surface area contributed by atoms with Crippen molar-refractivity contribution in [2.75, 3.05) is 53.5 Å². The van der Waals surface area contributed by atoms with Crippen molar-refractivity contribution in [2.24, 2.45) is 0 Å². The van der Waals surface area contributed by atoms with Crippen LogP contribution in [-0.4, -0.2) is 70.6 Å². The zero-order valence-corrected chi connectivity index (χ0v) is 15.0. The number of nitrogens with zero attached hydrogens (tertiary/aromatic N) is 2. The number of piperidine rings is 1. The van der Waals surface area contributed by atoms with E-state index in [0.29, 0.717) is 12.1 Å². The van der Waals surface area contributed by atoms with Gasteiger partial charge in [0, 0.05) is 58.6 Å². The number of quaternary nitrogens is 1. The van der Waals surface area contributed by atoms with Gasteiger partial charge in [-0.05, 0) is 0 Å². The van der Waals surface area contributed by atoms with Gasteiger partial charge in [0.15, 0.2) is 5.69 Å². The van der Waals surface area contributed by atoms with Gasteiger partial charge in [-0.15, -0.1) is 0 Å². The van der Waals surface area contributed by atoms with Gasteiger partial charge in [0.05, 0.1) is 38.7 Å². The first-order chi connectivity index (χ1) is 11.8. The molecule has 0 amide bonds. The summed E-state index contributed by atoms with van der Waals surface area (Å²) in [4.78, 5) is 4.46. The predicted molar refractivity (Wildman–Crippen MR) is 96.5 cm³/mol. The quantitative estimate of drug-likeness (QED) is 0.809. The van der Waals surface area contributed by atoms with E-state index >= 15 is 0 Å².